The first-order chi connectivity index (χ1) is 29.8. The standard InChI is InChI=1S/C45H54F4N6O7S2/c1-10-25-20-44(25,41(58)54-64(59,60)43(8)13-14-43)53-38(56)33-18-29(21-55(33)40(57)37(42(5,6)7)50-28-16-26(45(47,48)49)15-27(46)17-28)62-35-19-31(39-52-32(22-63-39)23(2)3)51-36-24(4)34(61-9)12-11-30(35)36/h11-12,15-17,19,22-23,25,29,33,37,50H,10,13-14,18,20-21H2,1-9H3,(H,53,56)(H,54,58)/t25?,29-,33+,37-,44-/m1/s1. The average Bonchev–Trinajstić information content (AvgIpc) is 3.99. The van der Waals surface area contributed by atoms with Crippen LogP contribution in [0.5, 0.6) is 11.5 Å². The van der Waals surface area contributed by atoms with Crippen molar-refractivity contribution in [3.63, 3.8) is 0 Å². The summed E-state index contributed by atoms with van der Waals surface area (Å²) in [7, 11) is -2.52. The Balaban J connectivity index is 1.26. The second-order valence-electron chi connectivity index (χ2n) is 18.8. The number of thiazole rings is 1. The molecular formula is C45H54F4N6O7S2. The van der Waals surface area contributed by atoms with Crippen molar-refractivity contribution in [2.75, 3.05) is 19.0 Å². The molecule has 2 saturated carbocycles. The summed E-state index contributed by atoms with van der Waals surface area (Å²) in [6.07, 6.45) is -4.48. The lowest BCUT2D eigenvalue weighted by Crippen LogP contribution is -2.59. The van der Waals surface area contributed by atoms with Crippen LogP contribution < -0.4 is 24.8 Å². The van der Waals surface area contributed by atoms with Crippen LogP contribution in [-0.2, 0) is 30.6 Å². The third-order valence-corrected chi connectivity index (χ3v) is 15.7. The Kier molecular flexibility index (Phi) is 12.3. The number of anilines is 1. The molecule has 3 aliphatic rings. The van der Waals surface area contributed by atoms with E-state index in [9.17, 15) is 40.4 Å². The Morgan fingerprint density at radius 1 is 1.05 bits per heavy atom. The average molecular weight is 931 g/mol. The number of nitrogens with zero attached hydrogens (tertiary/aromatic N) is 3. The van der Waals surface area contributed by atoms with Gasteiger partial charge < -0.3 is 25.0 Å². The van der Waals surface area contributed by atoms with E-state index in [4.69, 9.17) is 19.4 Å². The Morgan fingerprint density at radius 3 is 2.33 bits per heavy atom. The molecule has 0 bridgehead atoms. The van der Waals surface area contributed by atoms with Crippen LogP contribution in [0, 0.1) is 24.1 Å². The Bertz CT molecular complexity index is 2610. The molecule has 7 rings (SSSR count). The number of likely N-dealkylation sites (tertiary alicyclic amines) is 1. The van der Waals surface area contributed by atoms with E-state index in [0.717, 1.165) is 17.3 Å². The highest BCUT2D eigenvalue weighted by Gasteiger charge is 2.63. The van der Waals surface area contributed by atoms with Crippen molar-refractivity contribution in [2.45, 2.75) is 128 Å². The molecule has 3 fully saturated rings. The predicted octanol–water partition coefficient (Wildman–Crippen LogP) is 8.12. The van der Waals surface area contributed by atoms with Crippen LogP contribution in [0.25, 0.3) is 21.6 Å². The van der Waals surface area contributed by atoms with Gasteiger partial charge in [-0.15, -0.1) is 11.3 Å². The van der Waals surface area contributed by atoms with Gasteiger partial charge in [0.15, 0.2) is 0 Å². The van der Waals surface area contributed by atoms with Gasteiger partial charge in [0.25, 0.3) is 5.91 Å². The van der Waals surface area contributed by atoms with Crippen molar-refractivity contribution in [1.29, 1.82) is 0 Å². The number of halogens is 4. The molecule has 13 nitrogen and oxygen atoms in total. The van der Waals surface area contributed by atoms with Crippen LogP contribution in [0.1, 0.15) is 103 Å². The minimum atomic E-state index is -4.88. The van der Waals surface area contributed by atoms with Crippen LogP contribution in [0.4, 0.5) is 23.2 Å². The zero-order valence-electron chi connectivity index (χ0n) is 37.2. The molecule has 0 radical (unpaired) electrons. The molecule has 1 saturated heterocycles. The number of carbonyl (C=O) groups is 3. The third-order valence-electron chi connectivity index (χ3n) is 12.7. The minimum absolute atomic E-state index is 0.0967. The number of carbonyl (C=O) groups excluding carboxylic acids is 3. The Morgan fingerprint density at radius 2 is 1.75 bits per heavy atom. The fourth-order valence-corrected chi connectivity index (χ4v) is 10.5. The lowest BCUT2D eigenvalue weighted by Gasteiger charge is -2.36. The number of benzene rings is 2. The predicted molar refractivity (Wildman–Crippen MR) is 235 cm³/mol. The van der Waals surface area contributed by atoms with Gasteiger partial charge in [-0.2, -0.15) is 13.2 Å². The Hall–Kier alpha value is -5.04. The number of amides is 3. The summed E-state index contributed by atoms with van der Waals surface area (Å²) in [5.74, 6) is -2.77. The topological polar surface area (TPSA) is 169 Å². The second-order valence-corrected chi connectivity index (χ2v) is 21.9. The van der Waals surface area contributed by atoms with Crippen molar-refractivity contribution in [3.05, 3.63) is 64.4 Å². The summed E-state index contributed by atoms with van der Waals surface area (Å²) in [6.45, 7) is 14.1. The number of sulfonamides is 1. The van der Waals surface area contributed by atoms with Gasteiger partial charge >= 0.3 is 6.18 Å². The molecule has 1 unspecified atom stereocenters. The first-order valence-corrected chi connectivity index (χ1v) is 23.6. The van der Waals surface area contributed by atoms with Crippen LogP contribution in [0.2, 0.25) is 0 Å². The van der Waals surface area contributed by atoms with E-state index in [0.29, 0.717) is 64.5 Å². The summed E-state index contributed by atoms with van der Waals surface area (Å²) in [4.78, 5) is 54.6. The number of hydrogen-bond donors (Lipinski definition) is 3. The molecule has 2 aromatic carbocycles. The fraction of sp³-hybridized carbons (Fsp3) is 0.533. The quantitative estimate of drug-likeness (QED) is 0.105. The van der Waals surface area contributed by atoms with Gasteiger partial charge in [0.2, 0.25) is 21.8 Å². The largest absolute Gasteiger partial charge is 0.496 e. The zero-order chi connectivity index (χ0) is 46.9. The number of alkyl halides is 3. The lowest BCUT2D eigenvalue weighted by molar-refractivity contribution is -0.141. The number of aryl methyl sites for hydroxylation is 1. The molecule has 3 N–H and O–H groups in total. The van der Waals surface area contributed by atoms with Crippen LogP contribution in [0.3, 0.4) is 0 Å². The van der Waals surface area contributed by atoms with Crippen molar-refractivity contribution in [3.8, 4) is 22.2 Å². The number of nitrogens with one attached hydrogen (secondary N) is 3. The maximum atomic E-state index is 15.0. The van der Waals surface area contributed by atoms with Crippen molar-refractivity contribution in [2.24, 2.45) is 11.3 Å². The number of ether oxygens (including phenoxy) is 2. The summed E-state index contributed by atoms with van der Waals surface area (Å²) in [5, 5.41) is 8.87. The number of methoxy groups -OCH3 is 1. The van der Waals surface area contributed by atoms with Crippen LogP contribution >= 0.6 is 11.3 Å². The molecule has 19 heteroatoms. The molecule has 2 aliphatic carbocycles. The SMILES string of the molecule is CCC1C[C@]1(NC(=O)[C@@H]1C[C@@H](Oc2cc(-c3nc(C(C)C)cs3)nc3c(C)c(OC)ccc23)CN1C(=O)[C@@H](Nc1cc(F)cc(C(F)(F)F)c1)C(C)(C)C)C(=O)NS(=O)(=O)C1(C)CC1. The summed E-state index contributed by atoms with van der Waals surface area (Å²) < 4.78 is 95.9. The highest BCUT2D eigenvalue weighted by atomic mass is 32.2. The van der Waals surface area contributed by atoms with E-state index in [1.165, 1.54) is 16.2 Å². The van der Waals surface area contributed by atoms with E-state index in [2.05, 4.69) is 15.4 Å². The molecule has 3 heterocycles. The van der Waals surface area contributed by atoms with Gasteiger partial charge in [-0.05, 0) is 80.7 Å². The van der Waals surface area contributed by atoms with E-state index >= 15 is 0 Å². The number of aromatic nitrogens is 2. The monoisotopic (exact) mass is 930 g/mol. The molecule has 3 amide bonds. The van der Waals surface area contributed by atoms with E-state index in [1.54, 1.807) is 53.0 Å². The third kappa shape index (κ3) is 9.11. The van der Waals surface area contributed by atoms with Gasteiger partial charge in [-0.3, -0.25) is 19.1 Å². The molecule has 5 atom stereocenters. The summed E-state index contributed by atoms with van der Waals surface area (Å²) >= 11 is 1.42. The van der Waals surface area contributed by atoms with Crippen LogP contribution in [-0.4, -0.2) is 83.1 Å². The molecule has 4 aromatic rings. The first-order valence-electron chi connectivity index (χ1n) is 21.2. The molecule has 2 aromatic heterocycles. The molecule has 1 aliphatic heterocycles. The minimum Gasteiger partial charge on any atom is -0.496 e. The van der Waals surface area contributed by atoms with Gasteiger partial charge in [0, 0.05) is 34.5 Å². The van der Waals surface area contributed by atoms with Gasteiger partial charge in [-0.1, -0.05) is 48.0 Å². The second kappa shape index (κ2) is 16.7. The smallest absolute Gasteiger partial charge is 0.416 e. The van der Waals surface area contributed by atoms with Gasteiger partial charge in [0.05, 0.1) is 35.2 Å². The number of pyridine rings is 1. The van der Waals surface area contributed by atoms with Crippen molar-refractivity contribution in [1.82, 2.24) is 24.9 Å². The molecule has 64 heavy (non-hydrogen) atoms. The van der Waals surface area contributed by atoms with Crippen molar-refractivity contribution >= 4 is 55.7 Å². The first kappa shape index (κ1) is 46.9. The maximum absolute atomic E-state index is 15.0. The molecule has 0 spiro atoms. The Labute approximate surface area is 374 Å². The van der Waals surface area contributed by atoms with Gasteiger partial charge in [-0.25, -0.2) is 22.8 Å². The highest BCUT2D eigenvalue weighted by Crippen LogP contribution is 2.48. The highest BCUT2D eigenvalue weighted by molar-refractivity contribution is 7.91. The van der Waals surface area contributed by atoms with E-state index in [-0.39, 0.29) is 31.0 Å². The maximum Gasteiger partial charge on any atom is 0.416 e. The summed E-state index contributed by atoms with van der Waals surface area (Å²) in [6, 6.07) is 4.63. The number of fused-ring (bicyclic) bond motifs is 1. The fourth-order valence-electron chi connectivity index (χ4n) is 8.24. The van der Waals surface area contributed by atoms with Crippen LogP contribution in [0.15, 0.2) is 41.8 Å². The van der Waals surface area contributed by atoms with E-state index < -0.39 is 85.1 Å². The molecular weight excluding hydrogens is 877 g/mol. The normalized spacial score (nSPS) is 22.3. The van der Waals surface area contributed by atoms with Gasteiger partial charge in [0.1, 0.15) is 51.7 Å². The summed E-state index contributed by atoms with van der Waals surface area (Å²) in [5.41, 5.74) is -1.46. The van der Waals surface area contributed by atoms with E-state index in [1.807, 2.05) is 33.1 Å². The zero-order valence-corrected chi connectivity index (χ0v) is 38.8. The lowest BCUT2D eigenvalue weighted by atomic mass is 9.85. The molecule has 346 valence electrons. The number of rotatable bonds is 14. The number of hydrogen-bond acceptors (Lipinski definition) is 11. The van der Waals surface area contributed by atoms with Crippen molar-refractivity contribution < 1.29 is 49.8 Å².